The third-order valence-corrected chi connectivity index (χ3v) is 5.20. The molecule has 1 N–H and O–H groups in total. The molecular weight excluding hydrogens is 416 g/mol. The molecule has 1 aliphatic heterocycles. The van der Waals surface area contributed by atoms with E-state index in [-0.39, 0.29) is 6.54 Å². The van der Waals surface area contributed by atoms with Crippen LogP contribution < -0.4 is 5.32 Å². The van der Waals surface area contributed by atoms with E-state index in [2.05, 4.69) is 21.2 Å². The molecule has 1 aliphatic rings. The zero-order valence-corrected chi connectivity index (χ0v) is 16.3. The average molecular weight is 431 g/mol. The van der Waals surface area contributed by atoms with Crippen LogP contribution in [0.4, 0.5) is 10.5 Å². The van der Waals surface area contributed by atoms with Gasteiger partial charge < -0.3 is 5.32 Å². The number of rotatable bonds is 4. The van der Waals surface area contributed by atoms with E-state index in [0.29, 0.717) is 10.6 Å². The maximum Gasteiger partial charge on any atom is 0.294 e. The number of para-hydroxylation sites is 1. The Morgan fingerprint density at radius 1 is 1.15 bits per heavy atom. The van der Waals surface area contributed by atoms with Gasteiger partial charge in [0.1, 0.15) is 6.54 Å². The molecule has 26 heavy (non-hydrogen) atoms. The molecule has 2 aromatic rings. The van der Waals surface area contributed by atoms with Crippen LogP contribution in [-0.4, -0.2) is 28.5 Å². The second-order valence-corrected chi connectivity index (χ2v) is 7.59. The molecule has 0 unspecified atom stereocenters. The van der Waals surface area contributed by atoms with Crippen LogP contribution in [0.2, 0.25) is 0 Å². The van der Waals surface area contributed by atoms with Crippen molar-refractivity contribution in [3.05, 3.63) is 69.0 Å². The number of carbonyl (C=O) groups excluding carboxylic acids is 3. The van der Waals surface area contributed by atoms with Crippen LogP contribution in [0.15, 0.2) is 57.9 Å². The van der Waals surface area contributed by atoms with Gasteiger partial charge in [-0.2, -0.15) is 0 Å². The SMILES string of the molecule is Cc1ccccc1NC(=O)CN1C(=O)S/C(=C/c2ccc(Br)cc2)C1=O. The van der Waals surface area contributed by atoms with Gasteiger partial charge in [-0.05, 0) is 54.1 Å². The minimum atomic E-state index is -0.456. The van der Waals surface area contributed by atoms with Crippen LogP contribution in [-0.2, 0) is 9.59 Å². The number of halogens is 1. The number of nitrogens with zero attached hydrogens (tertiary/aromatic N) is 1. The van der Waals surface area contributed by atoms with Crippen molar-refractivity contribution in [3.8, 4) is 0 Å². The monoisotopic (exact) mass is 430 g/mol. The fourth-order valence-electron chi connectivity index (χ4n) is 2.39. The number of benzene rings is 2. The Hall–Kier alpha value is -2.38. The highest BCUT2D eigenvalue weighted by molar-refractivity contribution is 9.10. The maximum absolute atomic E-state index is 12.5. The van der Waals surface area contributed by atoms with Gasteiger partial charge in [0, 0.05) is 10.2 Å². The van der Waals surface area contributed by atoms with Gasteiger partial charge in [-0.1, -0.05) is 46.3 Å². The molecule has 0 bridgehead atoms. The molecule has 0 aliphatic carbocycles. The van der Waals surface area contributed by atoms with Gasteiger partial charge >= 0.3 is 0 Å². The molecule has 3 amide bonds. The van der Waals surface area contributed by atoms with E-state index >= 15 is 0 Å². The number of hydrogen-bond donors (Lipinski definition) is 1. The number of anilines is 1. The summed E-state index contributed by atoms with van der Waals surface area (Å²) in [5, 5.41) is 2.28. The first-order valence-electron chi connectivity index (χ1n) is 7.80. The molecule has 7 heteroatoms. The second-order valence-electron chi connectivity index (χ2n) is 5.68. The van der Waals surface area contributed by atoms with Gasteiger partial charge in [0.2, 0.25) is 5.91 Å². The van der Waals surface area contributed by atoms with Gasteiger partial charge in [-0.25, -0.2) is 0 Å². The standard InChI is InChI=1S/C19H15BrN2O3S/c1-12-4-2-3-5-15(12)21-17(23)11-22-18(24)16(26-19(22)25)10-13-6-8-14(20)9-7-13/h2-10H,11H2,1H3,(H,21,23)/b16-10+. The fourth-order valence-corrected chi connectivity index (χ4v) is 3.50. The molecule has 1 fully saturated rings. The lowest BCUT2D eigenvalue weighted by Crippen LogP contribution is -2.36. The number of hydrogen-bond acceptors (Lipinski definition) is 4. The average Bonchev–Trinajstić information content (AvgIpc) is 2.86. The number of carbonyl (C=O) groups is 3. The van der Waals surface area contributed by atoms with E-state index in [0.717, 1.165) is 32.3 Å². The lowest BCUT2D eigenvalue weighted by atomic mass is 10.2. The quantitative estimate of drug-likeness (QED) is 0.728. The van der Waals surface area contributed by atoms with Crippen molar-refractivity contribution in [1.29, 1.82) is 0 Å². The molecule has 0 radical (unpaired) electrons. The molecule has 1 saturated heterocycles. The number of thioether (sulfide) groups is 1. The Morgan fingerprint density at radius 3 is 2.54 bits per heavy atom. The van der Waals surface area contributed by atoms with Crippen LogP contribution in [0.5, 0.6) is 0 Å². The summed E-state index contributed by atoms with van der Waals surface area (Å²) in [6.45, 7) is 1.56. The van der Waals surface area contributed by atoms with Crippen molar-refractivity contribution in [2.45, 2.75) is 6.92 Å². The first-order chi connectivity index (χ1) is 12.4. The molecule has 132 valence electrons. The minimum absolute atomic E-state index is 0.306. The van der Waals surface area contributed by atoms with Crippen LogP contribution in [0.3, 0.4) is 0 Å². The molecule has 0 spiro atoms. The molecule has 2 aromatic carbocycles. The highest BCUT2D eigenvalue weighted by atomic mass is 79.9. The van der Waals surface area contributed by atoms with E-state index < -0.39 is 17.1 Å². The second kappa shape index (κ2) is 7.88. The maximum atomic E-state index is 12.5. The highest BCUT2D eigenvalue weighted by Crippen LogP contribution is 2.32. The van der Waals surface area contributed by atoms with E-state index in [4.69, 9.17) is 0 Å². The number of aryl methyl sites for hydroxylation is 1. The van der Waals surface area contributed by atoms with Gasteiger partial charge in [0.25, 0.3) is 11.1 Å². The third-order valence-electron chi connectivity index (χ3n) is 3.76. The number of amides is 3. The molecule has 0 atom stereocenters. The summed E-state index contributed by atoms with van der Waals surface area (Å²) in [5.41, 5.74) is 2.38. The van der Waals surface area contributed by atoms with Crippen LogP contribution in [0, 0.1) is 6.92 Å². The number of nitrogens with one attached hydrogen (secondary N) is 1. The first kappa shape index (κ1) is 18.4. The summed E-state index contributed by atoms with van der Waals surface area (Å²) < 4.78 is 0.927. The van der Waals surface area contributed by atoms with Gasteiger partial charge in [0.05, 0.1) is 4.91 Å². The van der Waals surface area contributed by atoms with E-state index in [1.807, 2.05) is 49.4 Å². The molecule has 0 saturated carbocycles. The van der Waals surface area contributed by atoms with Crippen LogP contribution in [0.1, 0.15) is 11.1 Å². The topological polar surface area (TPSA) is 66.5 Å². The lowest BCUT2D eigenvalue weighted by Gasteiger charge is -2.13. The van der Waals surface area contributed by atoms with Gasteiger partial charge in [0.15, 0.2) is 0 Å². The smallest absolute Gasteiger partial charge is 0.294 e. The lowest BCUT2D eigenvalue weighted by molar-refractivity contribution is -0.127. The van der Waals surface area contributed by atoms with Crippen molar-refractivity contribution in [2.75, 3.05) is 11.9 Å². The molecular formula is C19H15BrN2O3S. The Balaban J connectivity index is 1.70. The van der Waals surface area contributed by atoms with Crippen molar-refractivity contribution < 1.29 is 14.4 Å². The van der Waals surface area contributed by atoms with E-state index in [1.54, 1.807) is 12.1 Å². The van der Waals surface area contributed by atoms with Crippen LogP contribution >= 0.6 is 27.7 Å². The van der Waals surface area contributed by atoms with Gasteiger partial charge in [-0.3, -0.25) is 19.3 Å². The normalized spacial score (nSPS) is 15.6. The van der Waals surface area contributed by atoms with E-state index in [9.17, 15) is 14.4 Å². The first-order valence-corrected chi connectivity index (χ1v) is 9.41. The summed E-state index contributed by atoms with van der Waals surface area (Å²) in [5.74, 6) is -0.866. The summed E-state index contributed by atoms with van der Waals surface area (Å²) in [6, 6.07) is 14.7. The predicted molar refractivity (Wildman–Crippen MR) is 107 cm³/mol. The van der Waals surface area contributed by atoms with Crippen molar-refractivity contribution in [1.82, 2.24) is 4.90 Å². The Kier molecular flexibility index (Phi) is 5.58. The summed E-state index contributed by atoms with van der Waals surface area (Å²) in [7, 11) is 0. The summed E-state index contributed by atoms with van der Waals surface area (Å²) in [6.07, 6.45) is 1.65. The third kappa shape index (κ3) is 4.23. The summed E-state index contributed by atoms with van der Waals surface area (Å²) >= 11 is 4.19. The van der Waals surface area contributed by atoms with E-state index in [1.165, 1.54) is 0 Å². The predicted octanol–water partition coefficient (Wildman–Crippen LogP) is 4.43. The van der Waals surface area contributed by atoms with Crippen molar-refractivity contribution in [3.63, 3.8) is 0 Å². The Labute approximate surface area is 163 Å². The zero-order valence-electron chi connectivity index (χ0n) is 13.9. The zero-order chi connectivity index (χ0) is 18.7. The Morgan fingerprint density at radius 2 is 1.85 bits per heavy atom. The van der Waals surface area contributed by atoms with Gasteiger partial charge in [-0.15, -0.1) is 0 Å². The molecule has 5 nitrogen and oxygen atoms in total. The van der Waals surface area contributed by atoms with Crippen molar-refractivity contribution >= 4 is 56.5 Å². The fraction of sp³-hybridized carbons (Fsp3) is 0.105. The molecule has 3 rings (SSSR count). The van der Waals surface area contributed by atoms with Crippen LogP contribution in [0.25, 0.3) is 6.08 Å². The molecule has 0 aromatic heterocycles. The Bertz CT molecular complexity index is 909. The molecule has 1 heterocycles. The highest BCUT2D eigenvalue weighted by Gasteiger charge is 2.36. The minimum Gasteiger partial charge on any atom is -0.324 e. The largest absolute Gasteiger partial charge is 0.324 e. The van der Waals surface area contributed by atoms with Crippen molar-refractivity contribution in [2.24, 2.45) is 0 Å². The number of imide groups is 1. The summed E-state index contributed by atoms with van der Waals surface area (Å²) in [4.78, 5) is 38.1.